The Morgan fingerprint density at radius 1 is 0.444 bits per heavy atom. The van der Waals surface area contributed by atoms with Gasteiger partial charge in [-0.15, -0.1) is 0 Å². The Morgan fingerprint density at radius 2 is 1.08 bits per heavy atom. The quantitative estimate of drug-likeness (QED) is 0.250. The van der Waals surface area contributed by atoms with Crippen LogP contribution in [0.15, 0.2) is 146 Å². The first-order valence-corrected chi connectivity index (χ1v) is 12.5. The minimum absolute atomic E-state index is 0.0834. The summed E-state index contributed by atoms with van der Waals surface area (Å²) in [6.07, 6.45) is 0. The van der Waals surface area contributed by atoms with Gasteiger partial charge in [-0.25, -0.2) is 0 Å². The van der Waals surface area contributed by atoms with Crippen LogP contribution in [0.4, 0.5) is 11.4 Å². The molecular weight excluding hydrogens is 433 g/mol. The molecule has 2 heteroatoms. The summed E-state index contributed by atoms with van der Waals surface area (Å²) in [6, 6.07) is 52.7. The van der Waals surface area contributed by atoms with Crippen LogP contribution in [0, 0.1) is 0 Å². The van der Waals surface area contributed by atoms with Crippen LogP contribution in [0.3, 0.4) is 0 Å². The molecular formula is C34H24BN. The lowest BCUT2D eigenvalue weighted by atomic mass is 9.45. The van der Waals surface area contributed by atoms with Crippen molar-refractivity contribution < 1.29 is 0 Å². The van der Waals surface area contributed by atoms with Crippen LogP contribution in [0.25, 0.3) is 33.0 Å². The Bertz CT molecular complexity index is 1680. The van der Waals surface area contributed by atoms with Crippen molar-refractivity contribution in [1.29, 1.82) is 0 Å². The fourth-order valence-electron chi connectivity index (χ4n) is 5.70. The Kier molecular flexibility index (Phi) is 4.96. The van der Waals surface area contributed by atoms with Crippen LogP contribution in [0.1, 0.15) is 0 Å². The molecule has 0 amide bonds. The second-order valence-corrected chi connectivity index (χ2v) is 9.36. The van der Waals surface area contributed by atoms with Crippen LogP contribution >= 0.6 is 0 Å². The van der Waals surface area contributed by atoms with Gasteiger partial charge in [-0.1, -0.05) is 133 Å². The number of nitrogens with zero attached hydrogens (tertiary/aromatic N) is 1. The Labute approximate surface area is 212 Å². The zero-order chi connectivity index (χ0) is 23.9. The molecule has 1 heterocycles. The van der Waals surface area contributed by atoms with Crippen LogP contribution < -0.4 is 15.7 Å². The molecule has 0 spiro atoms. The maximum absolute atomic E-state index is 2.49. The predicted molar refractivity (Wildman–Crippen MR) is 155 cm³/mol. The number of hydrogen-bond acceptors (Lipinski definition) is 1. The zero-order valence-corrected chi connectivity index (χ0v) is 19.9. The van der Waals surface area contributed by atoms with E-state index in [1.165, 1.54) is 55.3 Å². The Balaban J connectivity index is 1.40. The highest BCUT2D eigenvalue weighted by molar-refractivity contribution is 6.90. The molecule has 0 atom stereocenters. The van der Waals surface area contributed by atoms with Gasteiger partial charge in [0.2, 0.25) is 0 Å². The molecule has 6 aromatic rings. The van der Waals surface area contributed by atoms with Crippen molar-refractivity contribution in [2.24, 2.45) is 0 Å². The molecule has 0 radical (unpaired) electrons. The van der Waals surface area contributed by atoms with E-state index in [0.29, 0.717) is 0 Å². The van der Waals surface area contributed by atoms with Crippen LogP contribution in [0.5, 0.6) is 0 Å². The van der Waals surface area contributed by atoms with Crippen molar-refractivity contribution in [2.75, 3.05) is 4.81 Å². The fraction of sp³-hybridized carbons (Fsp3) is 0. The molecule has 0 aliphatic carbocycles. The van der Waals surface area contributed by atoms with Crippen LogP contribution in [0.2, 0.25) is 0 Å². The Morgan fingerprint density at radius 3 is 1.94 bits per heavy atom. The molecule has 7 rings (SSSR count). The van der Waals surface area contributed by atoms with Gasteiger partial charge in [0.1, 0.15) is 0 Å². The van der Waals surface area contributed by atoms with E-state index in [2.05, 4.69) is 150 Å². The van der Waals surface area contributed by atoms with Gasteiger partial charge in [-0.05, 0) is 51.1 Å². The maximum Gasteiger partial charge on any atom is 0.328 e. The monoisotopic (exact) mass is 457 g/mol. The normalized spacial score (nSPS) is 12.3. The molecule has 1 aliphatic rings. The van der Waals surface area contributed by atoms with Gasteiger partial charge in [-0.3, -0.25) is 0 Å². The minimum Gasteiger partial charge on any atom is -0.376 e. The summed E-state index contributed by atoms with van der Waals surface area (Å²) in [6.45, 7) is 0.0834. The minimum atomic E-state index is 0.0834. The summed E-state index contributed by atoms with van der Waals surface area (Å²) in [5, 5.41) is 2.56. The number of hydrogen-bond donors (Lipinski definition) is 0. The molecule has 6 aromatic carbocycles. The molecule has 0 fully saturated rings. The molecule has 0 unspecified atom stereocenters. The first kappa shape index (κ1) is 20.8. The number of para-hydroxylation sites is 2. The van der Waals surface area contributed by atoms with Crippen molar-refractivity contribution in [3.05, 3.63) is 146 Å². The average Bonchev–Trinajstić information content (AvgIpc) is 2.97. The summed E-state index contributed by atoms with van der Waals surface area (Å²) in [4.78, 5) is 2.49. The van der Waals surface area contributed by atoms with Gasteiger partial charge in [0.25, 0.3) is 0 Å². The van der Waals surface area contributed by atoms with Gasteiger partial charge in [0.15, 0.2) is 0 Å². The third-order valence-electron chi connectivity index (χ3n) is 7.33. The lowest BCUT2D eigenvalue weighted by molar-refractivity contribution is 1.36. The second-order valence-electron chi connectivity index (χ2n) is 9.36. The van der Waals surface area contributed by atoms with E-state index >= 15 is 0 Å². The van der Waals surface area contributed by atoms with Gasteiger partial charge < -0.3 is 4.81 Å². The molecule has 36 heavy (non-hydrogen) atoms. The van der Waals surface area contributed by atoms with Gasteiger partial charge in [0.05, 0.1) is 0 Å². The zero-order valence-electron chi connectivity index (χ0n) is 19.9. The van der Waals surface area contributed by atoms with E-state index < -0.39 is 0 Å². The first-order valence-electron chi connectivity index (χ1n) is 12.5. The third kappa shape index (κ3) is 3.34. The van der Waals surface area contributed by atoms with Gasteiger partial charge >= 0.3 is 6.85 Å². The highest BCUT2D eigenvalue weighted by atomic mass is 15.1. The summed E-state index contributed by atoms with van der Waals surface area (Å²) < 4.78 is 0. The van der Waals surface area contributed by atoms with Crippen molar-refractivity contribution in [3.8, 4) is 22.3 Å². The predicted octanol–water partition coefficient (Wildman–Crippen LogP) is 7.43. The maximum atomic E-state index is 2.49. The molecule has 0 bridgehead atoms. The summed E-state index contributed by atoms with van der Waals surface area (Å²) >= 11 is 0. The average molecular weight is 457 g/mol. The molecule has 168 valence electrons. The molecule has 1 nitrogen and oxygen atoms in total. The summed E-state index contributed by atoms with van der Waals surface area (Å²) in [5.41, 5.74) is 10.2. The topological polar surface area (TPSA) is 3.24 Å². The van der Waals surface area contributed by atoms with E-state index in [0.717, 1.165) is 0 Å². The molecule has 0 N–H and O–H groups in total. The lowest BCUT2D eigenvalue weighted by Crippen LogP contribution is -2.57. The fourth-order valence-corrected chi connectivity index (χ4v) is 5.70. The third-order valence-corrected chi connectivity index (χ3v) is 7.33. The Hall–Kier alpha value is -4.56. The van der Waals surface area contributed by atoms with Crippen molar-refractivity contribution >= 4 is 39.9 Å². The largest absolute Gasteiger partial charge is 0.376 e. The second kappa shape index (κ2) is 8.59. The smallest absolute Gasteiger partial charge is 0.328 e. The molecule has 0 saturated carbocycles. The van der Waals surface area contributed by atoms with Crippen molar-refractivity contribution in [3.63, 3.8) is 0 Å². The van der Waals surface area contributed by atoms with Crippen molar-refractivity contribution in [1.82, 2.24) is 0 Å². The number of fused-ring (bicyclic) bond motifs is 4. The van der Waals surface area contributed by atoms with E-state index in [-0.39, 0.29) is 6.85 Å². The first-order chi connectivity index (χ1) is 17.9. The number of rotatable bonds is 3. The van der Waals surface area contributed by atoms with Gasteiger partial charge in [-0.2, -0.15) is 0 Å². The summed E-state index contributed by atoms with van der Waals surface area (Å²) in [7, 11) is 0. The van der Waals surface area contributed by atoms with Gasteiger partial charge in [0, 0.05) is 16.9 Å². The SMILES string of the molecule is c1ccc(N2B(c3ccc(-c4cccc5ccccc45)cc3)c3ccccc3-c3ccccc32)cc1. The number of anilines is 2. The number of benzene rings is 6. The highest BCUT2D eigenvalue weighted by Gasteiger charge is 2.36. The lowest BCUT2D eigenvalue weighted by Gasteiger charge is -2.39. The standard InChI is InChI=1S/C34H24BN/c1-2-13-28(14-3-1)36-34-20-9-7-17-32(34)31-16-6-8-19-33(31)35(36)27-23-21-26(22-24-27)30-18-10-12-25-11-4-5-15-29(25)30/h1-24H. The van der Waals surface area contributed by atoms with E-state index in [1.54, 1.807) is 0 Å². The van der Waals surface area contributed by atoms with E-state index in [4.69, 9.17) is 0 Å². The van der Waals surface area contributed by atoms with E-state index in [1.807, 2.05) is 0 Å². The molecule has 0 saturated heterocycles. The molecule has 0 aromatic heterocycles. The van der Waals surface area contributed by atoms with E-state index in [9.17, 15) is 0 Å². The van der Waals surface area contributed by atoms with Crippen LogP contribution in [-0.4, -0.2) is 6.85 Å². The highest BCUT2D eigenvalue weighted by Crippen LogP contribution is 2.39. The van der Waals surface area contributed by atoms with Crippen LogP contribution in [-0.2, 0) is 0 Å². The van der Waals surface area contributed by atoms with Crippen molar-refractivity contribution in [2.45, 2.75) is 0 Å². The summed E-state index contributed by atoms with van der Waals surface area (Å²) in [5.74, 6) is 0. The molecule has 1 aliphatic heterocycles.